The molecule has 0 radical (unpaired) electrons. The molecule has 1 aliphatic heterocycles. The van der Waals surface area contributed by atoms with E-state index < -0.39 is 18.0 Å². The van der Waals surface area contributed by atoms with Gasteiger partial charge in [0.2, 0.25) is 0 Å². The molecule has 1 atom stereocenters. The Morgan fingerprint density at radius 2 is 1.76 bits per heavy atom. The molecule has 0 spiro atoms. The summed E-state index contributed by atoms with van der Waals surface area (Å²) in [6, 6.07) is 7.86. The summed E-state index contributed by atoms with van der Waals surface area (Å²) in [5.74, 6) is 0.157. The minimum atomic E-state index is -0.856. The van der Waals surface area contributed by atoms with Gasteiger partial charge in [-0.2, -0.15) is 0 Å². The van der Waals surface area contributed by atoms with Crippen molar-refractivity contribution in [2.45, 2.75) is 26.8 Å². The lowest BCUT2D eigenvalue weighted by atomic mass is 9.95. The van der Waals surface area contributed by atoms with Gasteiger partial charge in [-0.3, -0.25) is 9.36 Å². The molecule has 1 aromatic heterocycles. The van der Waals surface area contributed by atoms with Crippen LogP contribution in [-0.2, 0) is 19.1 Å². The molecule has 0 bridgehead atoms. The van der Waals surface area contributed by atoms with Gasteiger partial charge in [0.05, 0.1) is 58.2 Å². The van der Waals surface area contributed by atoms with E-state index in [0.29, 0.717) is 44.4 Å². The van der Waals surface area contributed by atoms with Crippen LogP contribution in [0.25, 0.3) is 6.08 Å². The number of hydrogen-bond acceptors (Lipinski definition) is 10. The number of halogens is 2. The highest BCUT2D eigenvalue weighted by Gasteiger charge is 2.34. The molecule has 0 saturated heterocycles. The van der Waals surface area contributed by atoms with E-state index in [1.165, 1.54) is 23.0 Å². The Labute approximate surface area is 262 Å². The van der Waals surface area contributed by atoms with Gasteiger partial charge in [-0.25, -0.2) is 14.6 Å². The Balaban J connectivity index is 1.91. The van der Waals surface area contributed by atoms with Crippen LogP contribution in [0.5, 0.6) is 17.2 Å². The van der Waals surface area contributed by atoms with Crippen LogP contribution >= 0.6 is 43.2 Å². The second-order valence-corrected chi connectivity index (χ2v) is 11.5. The number of aromatic nitrogens is 1. The van der Waals surface area contributed by atoms with Crippen LogP contribution in [0.15, 0.2) is 60.3 Å². The van der Waals surface area contributed by atoms with Crippen LogP contribution in [0.4, 0.5) is 0 Å². The maximum atomic E-state index is 14.0. The molecule has 222 valence electrons. The highest BCUT2D eigenvalue weighted by Crippen LogP contribution is 2.37. The Morgan fingerprint density at radius 3 is 2.38 bits per heavy atom. The van der Waals surface area contributed by atoms with Gasteiger partial charge in [0.15, 0.2) is 22.9 Å². The molecule has 3 aromatic rings. The molecule has 2 heterocycles. The van der Waals surface area contributed by atoms with Gasteiger partial charge >= 0.3 is 11.9 Å². The number of nitrogens with zero attached hydrogens (tertiary/aromatic N) is 2. The van der Waals surface area contributed by atoms with Crippen LogP contribution < -0.4 is 29.1 Å². The largest absolute Gasteiger partial charge is 0.494 e. The lowest BCUT2D eigenvalue weighted by Gasteiger charge is -2.25. The van der Waals surface area contributed by atoms with Crippen LogP contribution in [0.3, 0.4) is 0 Å². The molecule has 0 N–H and O–H groups in total. The van der Waals surface area contributed by atoms with Gasteiger partial charge in [-0.1, -0.05) is 17.4 Å². The second-order valence-electron chi connectivity index (χ2n) is 8.82. The first-order valence-corrected chi connectivity index (χ1v) is 15.2. The molecule has 1 aliphatic rings. The molecule has 0 saturated carbocycles. The summed E-state index contributed by atoms with van der Waals surface area (Å²) in [5.41, 5.74) is 1.67. The Hall–Kier alpha value is -3.42. The average Bonchev–Trinajstić information content (AvgIpc) is 3.25. The predicted molar refractivity (Wildman–Crippen MR) is 164 cm³/mol. The fourth-order valence-electron chi connectivity index (χ4n) is 4.39. The van der Waals surface area contributed by atoms with Crippen molar-refractivity contribution in [3.63, 3.8) is 0 Å². The van der Waals surface area contributed by atoms with Crippen LogP contribution in [0.1, 0.15) is 37.9 Å². The fourth-order valence-corrected chi connectivity index (χ4v) is 6.99. The smallest absolute Gasteiger partial charge is 0.343 e. The molecule has 0 aliphatic carbocycles. The average molecular weight is 724 g/mol. The quantitative estimate of drug-likeness (QED) is 0.285. The predicted octanol–water partition coefficient (Wildman–Crippen LogP) is 4.28. The van der Waals surface area contributed by atoms with Gasteiger partial charge < -0.3 is 23.7 Å². The number of hydrogen-bond donors (Lipinski definition) is 0. The van der Waals surface area contributed by atoms with E-state index in [4.69, 9.17) is 18.9 Å². The van der Waals surface area contributed by atoms with Gasteiger partial charge in [-0.15, -0.1) is 0 Å². The number of carbonyl (C=O) groups excluding carboxylic acids is 2. The second kappa shape index (κ2) is 13.7. The van der Waals surface area contributed by atoms with Crippen molar-refractivity contribution >= 4 is 61.2 Å². The number of fused-ring (bicyclic) bond motifs is 1. The van der Waals surface area contributed by atoms with Gasteiger partial charge in [0, 0.05) is 0 Å². The maximum absolute atomic E-state index is 14.0. The number of benzene rings is 2. The van der Waals surface area contributed by atoms with E-state index >= 15 is 0 Å². The minimum Gasteiger partial charge on any atom is -0.494 e. The first kappa shape index (κ1) is 31.5. The summed E-state index contributed by atoms with van der Waals surface area (Å²) < 4.78 is 30.2. The standard InChI is InChI=1S/C29H28Br2N2O8S/c1-6-39-21-13-17(8-9-20(21)41-14-23(34)37-4)25-24(28(36)40-7-2)15(3)32-29-33(25)27(35)22(42-29)12-16-10-18(30)26(38-5)19(31)11-16/h8-13,25H,6-7,14H2,1-5H3/b22-12-/t25-/m0/s1. The third kappa shape index (κ3) is 6.47. The van der Waals surface area contributed by atoms with Crippen LogP contribution in [0, 0.1) is 0 Å². The van der Waals surface area contributed by atoms with Gasteiger partial charge in [0.1, 0.15) is 5.75 Å². The van der Waals surface area contributed by atoms with Crippen LogP contribution in [0.2, 0.25) is 0 Å². The molecule has 0 amide bonds. The molecule has 2 aromatic carbocycles. The Morgan fingerprint density at radius 1 is 1.05 bits per heavy atom. The minimum absolute atomic E-state index is 0.151. The molecular weight excluding hydrogens is 696 g/mol. The first-order valence-electron chi connectivity index (χ1n) is 12.8. The molecule has 42 heavy (non-hydrogen) atoms. The van der Waals surface area contributed by atoms with Crippen molar-refractivity contribution < 1.29 is 33.3 Å². The number of rotatable bonds is 10. The van der Waals surface area contributed by atoms with Gasteiger partial charge in [0.25, 0.3) is 5.56 Å². The zero-order valence-corrected chi connectivity index (χ0v) is 27.5. The lowest BCUT2D eigenvalue weighted by molar-refractivity contribution is -0.143. The molecule has 10 nitrogen and oxygen atoms in total. The molecule has 0 fully saturated rings. The monoisotopic (exact) mass is 722 g/mol. The van der Waals surface area contributed by atoms with Crippen molar-refractivity contribution in [2.24, 2.45) is 4.99 Å². The summed E-state index contributed by atoms with van der Waals surface area (Å²) in [6.07, 6.45) is 1.76. The Bertz CT molecular complexity index is 1720. The first-order chi connectivity index (χ1) is 20.1. The number of ether oxygens (including phenoxy) is 5. The van der Waals surface area contributed by atoms with E-state index in [0.717, 1.165) is 14.5 Å². The Kier molecular flexibility index (Phi) is 10.3. The fraction of sp³-hybridized carbons (Fsp3) is 0.310. The molecular formula is C29H28Br2N2O8S. The van der Waals surface area contributed by atoms with Crippen molar-refractivity contribution in [1.82, 2.24) is 4.57 Å². The topological polar surface area (TPSA) is 115 Å². The highest BCUT2D eigenvalue weighted by atomic mass is 79.9. The van der Waals surface area contributed by atoms with E-state index in [1.807, 2.05) is 19.1 Å². The number of carbonyl (C=O) groups is 2. The number of thiazole rings is 1. The van der Waals surface area contributed by atoms with Crippen molar-refractivity contribution in [3.8, 4) is 17.2 Å². The number of methoxy groups -OCH3 is 2. The summed E-state index contributed by atoms with van der Waals surface area (Å²) >= 11 is 8.22. The van der Waals surface area contributed by atoms with E-state index in [2.05, 4.69) is 41.6 Å². The van der Waals surface area contributed by atoms with Gasteiger partial charge in [-0.05, 0) is 94.1 Å². The third-order valence-corrected chi connectivity index (χ3v) is 8.36. The number of allylic oxidation sites excluding steroid dienone is 1. The summed E-state index contributed by atoms with van der Waals surface area (Å²) in [4.78, 5) is 43.9. The number of esters is 2. The molecule has 0 unspecified atom stereocenters. The SMILES string of the molecule is CCOC(=O)C1=C(C)N=c2s/c(=C\c3cc(Br)c(OC)c(Br)c3)c(=O)n2[C@H]1c1ccc(OCC(=O)OC)c(OCC)c1. The summed E-state index contributed by atoms with van der Waals surface area (Å²) in [5, 5.41) is 0. The van der Waals surface area contributed by atoms with E-state index in [-0.39, 0.29) is 24.3 Å². The summed E-state index contributed by atoms with van der Waals surface area (Å²) in [6.45, 7) is 5.39. The molecule has 4 rings (SSSR count). The molecule has 13 heteroatoms. The van der Waals surface area contributed by atoms with E-state index in [9.17, 15) is 14.4 Å². The highest BCUT2D eigenvalue weighted by molar-refractivity contribution is 9.11. The lowest BCUT2D eigenvalue weighted by Crippen LogP contribution is -2.40. The van der Waals surface area contributed by atoms with Crippen molar-refractivity contribution in [3.05, 3.63) is 81.4 Å². The van der Waals surface area contributed by atoms with Crippen molar-refractivity contribution in [1.29, 1.82) is 0 Å². The van der Waals surface area contributed by atoms with Crippen LogP contribution in [-0.4, -0.2) is 50.5 Å². The normalized spacial score (nSPS) is 14.6. The zero-order chi connectivity index (χ0) is 30.6. The van der Waals surface area contributed by atoms with E-state index in [1.54, 1.807) is 45.2 Å². The third-order valence-electron chi connectivity index (χ3n) is 6.20. The summed E-state index contributed by atoms with van der Waals surface area (Å²) in [7, 11) is 2.84. The maximum Gasteiger partial charge on any atom is 0.343 e. The zero-order valence-electron chi connectivity index (χ0n) is 23.5. The van der Waals surface area contributed by atoms with Crippen molar-refractivity contribution in [2.75, 3.05) is 34.0 Å².